The molecule has 0 saturated carbocycles. The van der Waals surface area contributed by atoms with Gasteiger partial charge in [-0.3, -0.25) is 9.69 Å². The number of anilines is 1. The highest BCUT2D eigenvalue weighted by Crippen LogP contribution is 2.33. The van der Waals surface area contributed by atoms with Gasteiger partial charge in [0.1, 0.15) is 0 Å². The molecule has 23 heavy (non-hydrogen) atoms. The van der Waals surface area contributed by atoms with E-state index in [0.717, 1.165) is 17.5 Å². The van der Waals surface area contributed by atoms with Gasteiger partial charge < -0.3 is 10.4 Å². The third kappa shape index (κ3) is 3.39. The number of aliphatic hydroxyl groups is 1. The second kappa shape index (κ2) is 6.71. The van der Waals surface area contributed by atoms with Gasteiger partial charge >= 0.3 is 0 Å². The summed E-state index contributed by atoms with van der Waals surface area (Å²) in [6, 6.07) is 14.9. The lowest BCUT2D eigenvalue weighted by Crippen LogP contribution is -2.40. The maximum atomic E-state index is 12.2. The number of para-hydroxylation sites is 1. The summed E-state index contributed by atoms with van der Waals surface area (Å²) < 4.78 is 0. The van der Waals surface area contributed by atoms with Gasteiger partial charge in [0, 0.05) is 6.04 Å². The van der Waals surface area contributed by atoms with Crippen molar-refractivity contribution in [2.24, 2.45) is 0 Å². The maximum Gasteiger partial charge on any atom is 0.238 e. The number of amides is 1. The first-order valence-electron chi connectivity index (χ1n) is 7.57. The summed E-state index contributed by atoms with van der Waals surface area (Å²) in [6.45, 7) is 0.195. The van der Waals surface area contributed by atoms with E-state index in [0.29, 0.717) is 10.7 Å². The lowest BCUT2D eigenvalue weighted by molar-refractivity contribution is -0.117. The number of fused-ring (bicyclic) bond motifs is 1. The van der Waals surface area contributed by atoms with Gasteiger partial charge in [0.25, 0.3) is 0 Å². The molecule has 0 spiro atoms. The number of nitrogens with one attached hydrogen (secondary N) is 1. The van der Waals surface area contributed by atoms with Crippen molar-refractivity contribution in [1.29, 1.82) is 0 Å². The molecule has 0 heterocycles. The lowest BCUT2D eigenvalue weighted by atomic mass is 10.1. The van der Waals surface area contributed by atoms with Gasteiger partial charge in [0.05, 0.1) is 23.4 Å². The predicted octanol–water partition coefficient (Wildman–Crippen LogP) is 2.87. The minimum atomic E-state index is -0.565. The molecule has 0 saturated heterocycles. The van der Waals surface area contributed by atoms with Crippen molar-refractivity contribution in [2.45, 2.75) is 18.6 Å². The van der Waals surface area contributed by atoms with Gasteiger partial charge in [-0.15, -0.1) is 0 Å². The molecule has 2 N–H and O–H groups in total. The molecule has 0 aromatic heterocycles. The number of carbonyl (C=O) groups is 1. The van der Waals surface area contributed by atoms with Crippen LogP contribution in [0.1, 0.15) is 17.2 Å². The molecule has 2 atom stereocenters. The standard InChI is InChI=1S/C18H19ClN2O2/c1-21(11-17(22)20-15-9-5-4-8-14(15)19)16-10-12-6-2-3-7-13(12)18(16)23/h2-9,16,18,23H,10-11H2,1H3,(H,20,22)/t16-,18-/m1/s1. The number of carbonyl (C=O) groups excluding carboxylic acids is 1. The van der Waals surface area contributed by atoms with Crippen molar-refractivity contribution in [3.8, 4) is 0 Å². The van der Waals surface area contributed by atoms with Gasteiger partial charge in [0.15, 0.2) is 0 Å². The Balaban J connectivity index is 1.63. The van der Waals surface area contributed by atoms with E-state index in [2.05, 4.69) is 5.32 Å². The fourth-order valence-corrected chi connectivity index (χ4v) is 3.23. The maximum absolute atomic E-state index is 12.2. The number of rotatable bonds is 4. The first-order chi connectivity index (χ1) is 11.1. The van der Waals surface area contributed by atoms with E-state index < -0.39 is 6.10 Å². The summed E-state index contributed by atoms with van der Waals surface area (Å²) in [5.74, 6) is -0.149. The van der Waals surface area contributed by atoms with Gasteiger partial charge in [-0.1, -0.05) is 48.0 Å². The highest BCUT2D eigenvalue weighted by Gasteiger charge is 2.33. The second-order valence-electron chi connectivity index (χ2n) is 5.86. The summed E-state index contributed by atoms with van der Waals surface area (Å²) in [7, 11) is 1.85. The molecular formula is C18H19ClN2O2. The van der Waals surface area contributed by atoms with Crippen LogP contribution < -0.4 is 5.32 Å². The third-order valence-electron chi connectivity index (χ3n) is 4.27. The van der Waals surface area contributed by atoms with Gasteiger partial charge in [-0.2, -0.15) is 0 Å². The Kier molecular flexibility index (Phi) is 4.66. The van der Waals surface area contributed by atoms with Crippen LogP contribution in [-0.2, 0) is 11.2 Å². The van der Waals surface area contributed by atoms with Crippen LogP contribution in [-0.4, -0.2) is 35.5 Å². The Morgan fingerprint density at radius 1 is 1.26 bits per heavy atom. The van der Waals surface area contributed by atoms with Crippen LogP contribution in [0.3, 0.4) is 0 Å². The Morgan fingerprint density at radius 2 is 1.96 bits per heavy atom. The minimum absolute atomic E-state index is 0.0932. The largest absolute Gasteiger partial charge is 0.387 e. The number of benzene rings is 2. The second-order valence-corrected chi connectivity index (χ2v) is 6.27. The predicted molar refractivity (Wildman–Crippen MR) is 91.6 cm³/mol. The van der Waals surface area contributed by atoms with E-state index in [1.807, 2.05) is 48.3 Å². The molecule has 5 heteroatoms. The molecule has 1 aliphatic carbocycles. The molecule has 1 aliphatic rings. The van der Waals surface area contributed by atoms with Crippen molar-refractivity contribution >= 4 is 23.2 Å². The number of likely N-dealkylation sites (N-methyl/N-ethyl adjacent to an activating group) is 1. The highest BCUT2D eigenvalue weighted by molar-refractivity contribution is 6.33. The highest BCUT2D eigenvalue weighted by atomic mass is 35.5. The van der Waals surface area contributed by atoms with Crippen LogP contribution in [0.15, 0.2) is 48.5 Å². The van der Waals surface area contributed by atoms with E-state index in [1.165, 1.54) is 0 Å². The Hall–Kier alpha value is -1.88. The number of aliphatic hydroxyl groups excluding tert-OH is 1. The molecule has 0 unspecified atom stereocenters. The van der Waals surface area contributed by atoms with Crippen molar-refractivity contribution in [1.82, 2.24) is 4.90 Å². The van der Waals surface area contributed by atoms with Crippen LogP contribution in [0, 0.1) is 0 Å². The molecule has 2 aromatic rings. The van der Waals surface area contributed by atoms with Gasteiger partial charge in [-0.25, -0.2) is 0 Å². The monoisotopic (exact) mass is 330 g/mol. The van der Waals surface area contributed by atoms with E-state index in [4.69, 9.17) is 11.6 Å². The zero-order chi connectivity index (χ0) is 16.4. The molecule has 0 bridgehead atoms. The smallest absolute Gasteiger partial charge is 0.238 e. The molecule has 2 aromatic carbocycles. The Bertz CT molecular complexity index is 720. The number of hydrogen-bond donors (Lipinski definition) is 2. The number of halogens is 1. The quantitative estimate of drug-likeness (QED) is 0.906. The zero-order valence-electron chi connectivity index (χ0n) is 12.9. The van der Waals surface area contributed by atoms with Crippen LogP contribution >= 0.6 is 11.6 Å². The summed E-state index contributed by atoms with van der Waals surface area (Å²) in [4.78, 5) is 14.1. The Labute approximate surface area is 140 Å². The van der Waals surface area contributed by atoms with Gasteiger partial charge in [-0.05, 0) is 36.7 Å². The van der Waals surface area contributed by atoms with Crippen LogP contribution in [0.25, 0.3) is 0 Å². The van der Waals surface area contributed by atoms with E-state index in [9.17, 15) is 9.90 Å². The van der Waals surface area contributed by atoms with Crippen molar-refractivity contribution in [3.63, 3.8) is 0 Å². The van der Waals surface area contributed by atoms with E-state index >= 15 is 0 Å². The van der Waals surface area contributed by atoms with Crippen molar-refractivity contribution < 1.29 is 9.90 Å². The van der Waals surface area contributed by atoms with E-state index in [1.54, 1.807) is 12.1 Å². The molecule has 0 fully saturated rings. The molecule has 4 nitrogen and oxygen atoms in total. The average Bonchev–Trinajstić information content (AvgIpc) is 2.87. The van der Waals surface area contributed by atoms with Crippen LogP contribution in [0.5, 0.6) is 0 Å². The van der Waals surface area contributed by atoms with Crippen molar-refractivity contribution in [3.05, 3.63) is 64.7 Å². The fourth-order valence-electron chi connectivity index (χ4n) is 3.05. The summed E-state index contributed by atoms with van der Waals surface area (Å²) in [5, 5.41) is 13.8. The molecular weight excluding hydrogens is 312 g/mol. The summed E-state index contributed by atoms with van der Waals surface area (Å²) in [6.07, 6.45) is 0.178. The number of hydrogen-bond acceptors (Lipinski definition) is 3. The molecule has 0 radical (unpaired) electrons. The lowest BCUT2D eigenvalue weighted by Gasteiger charge is -2.26. The van der Waals surface area contributed by atoms with Crippen LogP contribution in [0.4, 0.5) is 5.69 Å². The molecule has 1 amide bonds. The molecule has 0 aliphatic heterocycles. The number of nitrogens with zero attached hydrogens (tertiary/aromatic N) is 1. The van der Waals surface area contributed by atoms with Gasteiger partial charge in [0.2, 0.25) is 5.91 Å². The van der Waals surface area contributed by atoms with Crippen LogP contribution in [0.2, 0.25) is 5.02 Å². The fraction of sp³-hybridized carbons (Fsp3) is 0.278. The Morgan fingerprint density at radius 3 is 2.70 bits per heavy atom. The summed E-state index contributed by atoms with van der Waals surface area (Å²) >= 11 is 6.05. The van der Waals surface area contributed by atoms with E-state index in [-0.39, 0.29) is 18.5 Å². The SMILES string of the molecule is CN(CC(=O)Nc1ccccc1Cl)[C@@H]1Cc2ccccc2[C@H]1O. The topological polar surface area (TPSA) is 52.6 Å². The molecule has 3 rings (SSSR count). The first kappa shape index (κ1) is 16.0. The molecule has 120 valence electrons. The third-order valence-corrected chi connectivity index (χ3v) is 4.60. The summed E-state index contributed by atoms with van der Waals surface area (Å²) in [5.41, 5.74) is 2.70. The minimum Gasteiger partial charge on any atom is -0.387 e. The van der Waals surface area contributed by atoms with Crippen molar-refractivity contribution in [2.75, 3.05) is 18.9 Å². The normalized spacial score (nSPS) is 19.7. The first-order valence-corrected chi connectivity index (χ1v) is 7.94. The average molecular weight is 331 g/mol. The zero-order valence-corrected chi connectivity index (χ0v) is 13.6.